The third-order valence-electron chi connectivity index (χ3n) is 5.48. The smallest absolute Gasteiger partial charge is 0.221 e. The van der Waals surface area contributed by atoms with E-state index in [1.807, 2.05) is 6.07 Å². The van der Waals surface area contributed by atoms with Crippen molar-refractivity contribution < 1.29 is 9.18 Å². The Bertz CT molecular complexity index is 572. The maximum Gasteiger partial charge on any atom is 0.221 e. The summed E-state index contributed by atoms with van der Waals surface area (Å²) in [6, 6.07) is 5.12. The summed E-state index contributed by atoms with van der Waals surface area (Å²) in [7, 11) is 0. The molecule has 1 amide bonds. The van der Waals surface area contributed by atoms with Crippen molar-refractivity contribution in [2.24, 2.45) is 5.92 Å². The molecule has 0 radical (unpaired) electrons. The number of piperidine rings is 1. The Morgan fingerprint density at radius 3 is 2.71 bits per heavy atom. The van der Waals surface area contributed by atoms with E-state index in [4.69, 9.17) is 11.6 Å². The van der Waals surface area contributed by atoms with Gasteiger partial charge < -0.3 is 10.6 Å². The quantitative estimate of drug-likeness (QED) is 0.840. The summed E-state index contributed by atoms with van der Waals surface area (Å²) in [6.45, 7) is 1.78. The van der Waals surface area contributed by atoms with Crippen LogP contribution in [0.1, 0.15) is 56.4 Å². The zero-order valence-electron chi connectivity index (χ0n) is 14.0. The second kappa shape index (κ2) is 8.30. The van der Waals surface area contributed by atoms with Gasteiger partial charge in [0.2, 0.25) is 5.91 Å². The first-order chi connectivity index (χ1) is 11.6. The minimum Gasteiger partial charge on any atom is -0.356 e. The molecule has 0 unspecified atom stereocenters. The van der Waals surface area contributed by atoms with E-state index in [9.17, 15) is 9.18 Å². The SMILES string of the molecule is O=C1C[C@@H](NCCC2CCC(c3ccc(F)cc3Cl)CC2)CCN1. The average Bonchev–Trinajstić information content (AvgIpc) is 2.56. The standard InChI is InChI=1S/C19H26ClFN2O/c20-18-11-15(21)5-6-17(18)14-3-1-13(2-4-14)7-9-22-16-8-10-23-19(24)12-16/h5-6,11,13-14,16,22H,1-4,7-10,12H2,(H,23,24)/t13?,14?,16-/m0/s1. The minimum atomic E-state index is -0.264. The van der Waals surface area contributed by atoms with Crippen molar-refractivity contribution in [3.05, 3.63) is 34.6 Å². The lowest BCUT2D eigenvalue weighted by atomic mass is 9.77. The predicted octanol–water partition coefficient (Wildman–Crippen LogP) is 4.01. The van der Waals surface area contributed by atoms with Crippen molar-refractivity contribution in [2.75, 3.05) is 13.1 Å². The average molecular weight is 353 g/mol. The highest BCUT2D eigenvalue weighted by Gasteiger charge is 2.24. The molecular formula is C19H26ClFN2O. The van der Waals surface area contributed by atoms with Crippen LogP contribution in [0.2, 0.25) is 5.02 Å². The van der Waals surface area contributed by atoms with Crippen molar-refractivity contribution in [3.63, 3.8) is 0 Å². The highest BCUT2D eigenvalue weighted by atomic mass is 35.5. The fraction of sp³-hybridized carbons (Fsp3) is 0.632. The van der Waals surface area contributed by atoms with E-state index in [-0.39, 0.29) is 11.7 Å². The fourth-order valence-electron chi connectivity index (χ4n) is 4.04. The van der Waals surface area contributed by atoms with E-state index in [1.54, 1.807) is 0 Å². The van der Waals surface area contributed by atoms with E-state index in [0.29, 0.717) is 23.4 Å². The summed E-state index contributed by atoms with van der Waals surface area (Å²) in [5.41, 5.74) is 1.10. The zero-order chi connectivity index (χ0) is 16.9. The number of carbonyl (C=O) groups is 1. The Labute approximate surface area is 148 Å². The molecule has 2 fully saturated rings. The zero-order valence-corrected chi connectivity index (χ0v) is 14.7. The molecule has 2 aliphatic rings. The molecule has 2 N–H and O–H groups in total. The highest BCUT2D eigenvalue weighted by molar-refractivity contribution is 6.31. The van der Waals surface area contributed by atoms with E-state index in [2.05, 4.69) is 10.6 Å². The van der Waals surface area contributed by atoms with Gasteiger partial charge in [0.1, 0.15) is 5.82 Å². The topological polar surface area (TPSA) is 41.1 Å². The molecule has 3 nitrogen and oxygen atoms in total. The summed E-state index contributed by atoms with van der Waals surface area (Å²) in [5.74, 6) is 1.10. The number of halogens is 2. The molecule has 1 saturated carbocycles. The highest BCUT2D eigenvalue weighted by Crippen LogP contribution is 2.39. The third-order valence-corrected chi connectivity index (χ3v) is 5.81. The molecule has 0 spiro atoms. The summed E-state index contributed by atoms with van der Waals surface area (Å²) in [5, 5.41) is 6.97. The van der Waals surface area contributed by atoms with Crippen molar-refractivity contribution in [1.29, 1.82) is 0 Å². The number of amides is 1. The molecule has 132 valence electrons. The van der Waals surface area contributed by atoms with Crippen LogP contribution >= 0.6 is 11.6 Å². The molecule has 1 aliphatic heterocycles. The van der Waals surface area contributed by atoms with Crippen molar-refractivity contribution in [3.8, 4) is 0 Å². The van der Waals surface area contributed by atoms with Crippen LogP contribution in [0.25, 0.3) is 0 Å². The van der Waals surface area contributed by atoms with Gasteiger partial charge in [0, 0.05) is 24.0 Å². The van der Waals surface area contributed by atoms with Gasteiger partial charge in [0.05, 0.1) is 0 Å². The number of nitrogens with one attached hydrogen (secondary N) is 2. The normalized spacial score (nSPS) is 27.8. The van der Waals surface area contributed by atoms with Crippen LogP contribution in [0.3, 0.4) is 0 Å². The minimum absolute atomic E-state index is 0.162. The van der Waals surface area contributed by atoms with Gasteiger partial charge >= 0.3 is 0 Å². The van der Waals surface area contributed by atoms with Crippen LogP contribution in [0, 0.1) is 11.7 Å². The number of hydrogen-bond donors (Lipinski definition) is 2. The molecule has 1 heterocycles. The largest absolute Gasteiger partial charge is 0.356 e. The number of carbonyl (C=O) groups excluding carboxylic acids is 1. The summed E-state index contributed by atoms with van der Waals surface area (Å²) >= 11 is 6.20. The molecule has 0 bridgehead atoms. The number of hydrogen-bond acceptors (Lipinski definition) is 2. The Hall–Kier alpha value is -1.13. The van der Waals surface area contributed by atoms with Gasteiger partial charge in [-0.3, -0.25) is 4.79 Å². The molecular weight excluding hydrogens is 327 g/mol. The maximum atomic E-state index is 13.2. The summed E-state index contributed by atoms with van der Waals surface area (Å²) in [6.07, 6.45) is 7.46. The van der Waals surface area contributed by atoms with Crippen LogP contribution in [-0.2, 0) is 4.79 Å². The fourth-order valence-corrected chi connectivity index (χ4v) is 4.37. The van der Waals surface area contributed by atoms with Crippen LogP contribution in [0.5, 0.6) is 0 Å². The van der Waals surface area contributed by atoms with Gasteiger partial charge in [-0.15, -0.1) is 0 Å². The molecule has 24 heavy (non-hydrogen) atoms. The molecule has 1 aliphatic carbocycles. The lowest BCUT2D eigenvalue weighted by molar-refractivity contribution is -0.122. The Kier molecular flexibility index (Phi) is 6.12. The molecule has 0 aromatic heterocycles. The van der Waals surface area contributed by atoms with Crippen LogP contribution in [0.4, 0.5) is 4.39 Å². The van der Waals surface area contributed by atoms with Crippen molar-refractivity contribution >= 4 is 17.5 Å². The van der Waals surface area contributed by atoms with Gasteiger partial charge in [-0.05, 0) is 74.6 Å². The van der Waals surface area contributed by atoms with E-state index < -0.39 is 0 Å². The Balaban J connectivity index is 1.40. The first-order valence-electron chi connectivity index (χ1n) is 9.07. The second-order valence-electron chi connectivity index (χ2n) is 7.17. The van der Waals surface area contributed by atoms with E-state index >= 15 is 0 Å². The lowest BCUT2D eigenvalue weighted by Crippen LogP contribution is -2.43. The Morgan fingerprint density at radius 2 is 2.00 bits per heavy atom. The third kappa shape index (κ3) is 4.70. The summed E-state index contributed by atoms with van der Waals surface area (Å²) in [4.78, 5) is 11.4. The van der Waals surface area contributed by atoms with Crippen LogP contribution in [-0.4, -0.2) is 25.0 Å². The van der Waals surface area contributed by atoms with Crippen molar-refractivity contribution in [1.82, 2.24) is 10.6 Å². The molecule has 1 saturated heterocycles. The molecule has 1 aromatic rings. The monoisotopic (exact) mass is 352 g/mol. The second-order valence-corrected chi connectivity index (χ2v) is 7.57. The van der Waals surface area contributed by atoms with Crippen molar-refractivity contribution in [2.45, 2.75) is 56.9 Å². The van der Waals surface area contributed by atoms with Gasteiger partial charge in [-0.1, -0.05) is 17.7 Å². The molecule has 5 heteroatoms. The van der Waals surface area contributed by atoms with E-state index in [0.717, 1.165) is 43.8 Å². The Morgan fingerprint density at radius 1 is 1.21 bits per heavy atom. The lowest BCUT2D eigenvalue weighted by Gasteiger charge is -2.30. The number of benzene rings is 1. The van der Waals surface area contributed by atoms with E-state index in [1.165, 1.54) is 31.4 Å². The molecule has 3 rings (SSSR count). The van der Waals surface area contributed by atoms with Gasteiger partial charge in [0.25, 0.3) is 0 Å². The van der Waals surface area contributed by atoms with Gasteiger partial charge in [0.15, 0.2) is 0 Å². The first kappa shape index (κ1) is 17.7. The van der Waals surface area contributed by atoms with Crippen LogP contribution in [0.15, 0.2) is 18.2 Å². The van der Waals surface area contributed by atoms with Gasteiger partial charge in [-0.25, -0.2) is 4.39 Å². The summed E-state index contributed by atoms with van der Waals surface area (Å²) < 4.78 is 13.2. The predicted molar refractivity (Wildman–Crippen MR) is 94.8 cm³/mol. The maximum absolute atomic E-state index is 13.2. The van der Waals surface area contributed by atoms with Crippen LogP contribution < -0.4 is 10.6 Å². The van der Waals surface area contributed by atoms with Gasteiger partial charge in [-0.2, -0.15) is 0 Å². The molecule has 1 aromatic carbocycles. The molecule has 1 atom stereocenters. The first-order valence-corrected chi connectivity index (χ1v) is 9.44. The number of rotatable bonds is 5.